The van der Waals surface area contributed by atoms with Gasteiger partial charge < -0.3 is 29.6 Å². The van der Waals surface area contributed by atoms with E-state index in [2.05, 4.69) is 10.6 Å². The van der Waals surface area contributed by atoms with Gasteiger partial charge in [0.05, 0.1) is 39.1 Å². The number of rotatable bonds is 11. The van der Waals surface area contributed by atoms with E-state index in [1.54, 1.807) is 6.92 Å². The van der Waals surface area contributed by atoms with Crippen LogP contribution in [0.3, 0.4) is 0 Å². The van der Waals surface area contributed by atoms with Gasteiger partial charge in [-0.3, -0.25) is 9.59 Å². The summed E-state index contributed by atoms with van der Waals surface area (Å²) in [5.74, 6) is -4.20. The van der Waals surface area contributed by atoms with Crippen LogP contribution in [0.4, 0.5) is 0 Å². The fraction of sp³-hybridized carbons (Fsp3) is 0.478. The number of ether oxygens (including phenoxy) is 4. The van der Waals surface area contributed by atoms with Gasteiger partial charge in [0.2, 0.25) is 11.8 Å². The largest absolute Gasteiger partial charge is 0.467 e. The highest BCUT2D eigenvalue weighted by molar-refractivity contribution is 6.03. The third-order valence-electron chi connectivity index (χ3n) is 4.81. The molecular formula is C23H30N2O10. The van der Waals surface area contributed by atoms with Gasteiger partial charge in [-0.05, 0) is 30.2 Å². The summed E-state index contributed by atoms with van der Waals surface area (Å²) >= 11 is 0. The van der Waals surface area contributed by atoms with E-state index < -0.39 is 47.8 Å². The third kappa shape index (κ3) is 8.40. The minimum absolute atomic E-state index is 0.0279. The second-order valence-corrected chi connectivity index (χ2v) is 7.34. The molecule has 0 aliphatic rings. The molecule has 0 fully saturated rings. The fourth-order valence-corrected chi connectivity index (χ4v) is 3.33. The molecule has 2 atom stereocenters. The van der Waals surface area contributed by atoms with Crippen molar-refractivity contribution in [1.29, 1.82) is 0 Å². The summed E-state index contributed by atoms with van der Waals surface area (Å²) < 4.78 is 19.4. The lowest BCUT2D eigenvalue weighted by atomic mass is 9.90. The standard InChI is InChI=1S/C23H30N2O10/c1-7-35-21(29)17-9-15(11-19(23(31)34-6)25-13(3)27)14(8-16(17)20(28)32-4)10-18(22(30)33-5)24-12(2)26/h8-9,18-19H,7,10-11H2,1-6H3,(H,24,26)(H,25,27)/t18-,19-/m1/s1. The van der Waals surface area contributed by atoms with Crippen LogP contribution in [0.25, 0.3) is 0 Å². The number of hydrogen-bond donors (Lipinski definition) is 2. The van der Waals surface area contributed by atoms with E-state index in [1.165, 1.54) is 26.0 Å². The minimum Gasteiger partial charge on any atom is -0.467 e. The highest BCUT2D eigenvalue weighted by atomic mass is 16.5. The van der Waals surface area contributed by atoms with Gasteiger partial charge >= 0.3 is 23.9 Å². The molecule has 192 valence electrons. The summed E-state index contributed by atoms with van der Waals surface area (Å²) in [4.78, 5) is 73.0. The average Bonchev–Trinajstić information content (AvgIpc) is 2.81. The van der Waals surface area contributed by atoms with Gasteiger partial charge in [0.15, 0.2) is 0 Å². The molecule has 12 heteroatoms. The molecule has 0 spiro atoms. The van der Waals surface area contributed by atoms with E-state index in [-0.39, 0.29) is 30.6 Å². The first-order valence-corrected chi connectivity index (χ1v) is 10.6. The molecule has 0 aromatic heterocycles. The zero-order valence-corrected chi connectivity index (χ0v) is 20.5. The zero-order chi connectivity index (χ0) is 26.7. The van der Waals surface area contributed by atoms with Gasteiger partial charge in [0.25, 0.3) is 0 Å². The number of amides is 2. The molecule has 1 aromatic rings. The van der Waals surface area contributed by atoms with Gasteiger partial charge in [-0.25, -0.2) is 19.2 Å². The predicted octanol–water partition coefficient (Wildman–Crippen LogP) is 0.0903. The zero-order valence-electron chi connectivity index (χ0n) is 20.5. The van der Waals surface area contributed by atoms with Gasteiger partial charge in [0, 0.05) is 26.7 Å². The molecule has 0 unspecified atom stereocenters. The molecular weight excluding hydrogens is 464 g/mol. The van der Waals surface area contributed by atoms with Crippen LogP contribution in [-0.4, -0.2) is 75.7 Å². The van der Waals surface area contributed by atoms with Gasteiger partial charge in [-0.15, -0.1) is 0 Å². The van der Waals surface area contributed by atoms with Crippen LogP contribution in [0, 0.1) is 0 Å². The summed E-state index contributed by atoms with van der Waals surface area (Å²) in [5.41, 5.74) is 0.328. The van der Waals surface area contributed by atoms with Crippen molar-refractivity contribution in [3.63, 3.8) is 0 Å². The Morgan fingerprint density at radius 1 is 0.714 bits per heavy atom. The van der Waals surface area contributed by atoms with Crippen LogP contribution in [-0.2, 0) is 51.0 Å². The summed E-state index contributed by atoms with van der Waals surface area (Å²) in [7, 11) is 3.42. The van der Waals surface area contributed by atoms with Crippen molar-refractivity contribution in [3.05, 3.63) is 34.4 Å². The van der Waals surface area contributed by atoms with Crippen molar-refractivity contribution in [2.24, 2.45) is 0 Å². The van der Waals surface area contributed by atoms with E-state index in [0.717, 1.165) is 21.3 Å². The molecule has 35 heavy (non-hydrogen) atoms. The number of carbonyl (C=O) groups excluding carboxylic acids is 6. The number of methoxy groups -OCH3 is 3. The van der Waals surface area contributed by atoms with Crippen LogP contribution in [0.1, 0.15) is 52.6 Å². The Labute approximate surface area is 202 Å². The summed E-state index contributed by atoms with van der Waals surface area (Å²) in [6.45, 7) is 4.04. The van der Waals surface area contributed by atoms with Crippen LogP contribution < -0.4 is 10.6 Å². The number of hydrogen-bond acceptors (Lipinski definition) is 10. The Morgan fingerprint density at radius 2 is 1.11 bits per heavy atom. The Balaban J connectivity index is 3.76. The quantitative estimate of drug-likeness (QED) is 0.318. The number of carbonyl (C=O) groups is 6. The molecule has 0 aliphatic carbocycles. The first-order chi connectivity index (χ1) is 16.5. The first-order valence-electron chi connectivity index (χ1n) is 10.6. The molecule has 0 aliphatic heterocycles. The maximum absolute atomic E-state index is 12.6. The molecule has 1 aromatic carbocycles. The van der Waals surface area contributed by atoms with E-state index in [9.17, 15) is 28.8 Å². The fourth-order valence-electron chi connectivity index (χ4n) is 3.33. The molecule has 2 amide bonds. The van der Waals surface area contributed by atoms with Crippen molar-refractivity contribution in [2.75, 3.05) is 27.9 Å². The molecule has 12 nitrogen and oxygen atoms in total. The molecule has 2 N–H and O–H groups in total. The van der Waals surface area contributed by atoms with E-state index in [4.69, 9.17) is 18.9 Å². The lowest BCUT2D eigenvalue weighted by Crippen LogP contribution is -2.43. The Kier molecular flexibility index (Phi) is 11.4. The summed E-state index contributed by atoms with van der Waals surface area (Å²) in [5, 5.41) is 4.93. The summed E-state index contributed by atoms with van der Waals surface area (Å²) in [6.07, 6.45) is -0.327. The topological polar surface area (TPSA) is 163 Å². The van der Waals surface area contributed by atoms with Crippen LogP contribution in [0.5, 0.6) is 0 Å². The molecule has 1 rings (SSSR count). The van der Waals surface area contributed by atoms with Crippen molar-refractivity contribution in [2.45, 2.75) is 45.7 Å². The Morgan fingerprint density at radius 3 is 1.43 bits per heavy atom. The minimum atomic E-state index is -1.15. The molecule has 0 radical (unpaired) electrons. The monoisotopic (exact) mass is 494 g/mol. The van der Waals surface area contributed by atoms with E-state index >= 15 is 0 Å². The van der Waals surface area contributed by atoms with Crippen LogP contribution in [0.15, 0.2) is 12.1 Å². The highest BCUT2D eigenvalue weighted by Crippen LogP contribution is 2.23. The second-order valence-electron chi connectivity index (χ2n) is 7.34. The number of benzene rings is 1. The van der Waals surface area contributed by atoms with Crippen molar-refractivity contribution >= 4 is 35.7 Å². The molecule has 0 saturated carbocycles. The van der Waals surface area contributed by atoms with Crippen molar-refractivity contribution in [1.82, 2.24) is 10.6 Å². The number of nitrogens with one attached hydrogen (secondary N) is 2. The predicted molar refractivity (Wildman–Crippen MR) is 120 cm³/mol. The van der Waals surface area contributed by atoms with Crippen LogP contribution in [0.2, 0.25) is 0 Å². The lowest BCUT2D eigenvalue weighted by molar-refractivity contribution is -0.145. The normalized spacial score (nSPS) is 11.9. The first kappa shape index (κ1) is 29.1. The molecule has 0 bridgehead atoms. The smallest absolute Gasteiger partial charge is 0.339 e. The van der Waals surface area contributed by atoms with Gasteiger partial charge in [-0.2, -0.15) is 0 Å². The van der Waals surface area contributed by atoms with E-state index in [0.29, 0.717) is 11.1 Å². The maximum atomic E-state index is 12.6. The van der Waals surface area contributed by atoms with Crippen LogP contribution >= 0.6 is 0 Å². The lowest BCUT2D eigenvalue weighted by Gasteiger charge is -2.22. The third-order valence-corrected chi connectivity index (χ3v) is 4.81. The maximum Gasteiger partial charge on any atom is 0.339 e. The second kappa shape index (κ2) is 13.7. The SMILES string of the molecule is CCOC(=O)c1cc(C[C@@H](NC(C)=O)C(=O)OC)c(C[C@@H](NC(C)=O)C(=O)OC)cc1C(=O)OC. The Bertz CT molecular complexity index is 989. The highest BCUT2D eigenvalue weighted by Gasteiger charge is 2.29. The molecule has 0 saturated heterocycles. The summed E-state index contributed by atoms with van der Waals surface area (Å²) in [6, 6.07) is 0.340. The molecule has 0 heterocycles. The average molecular weight is 494 g/mol. The van der Waals surface area contributed by atoms with Crippen molar-refractivity contribution in [3.8, 4) is 0 Å². The van der Waals surface area contributed by atoms with Gasteiger partial charge in [-0.1, -0.05) is 0 Å². The Hall–Kier alpha value is -3.96. The van der Waals surface area contributed by atoms with E-state index in [1.807, 2.05) is 0 Å². The number of esters is 4. The van der Waals surface area contributed by atoms with Crippen molar-refractivity contribution < 1.29 is 47.7 Å². The van der Waals surface area contributed by atoms with Gasteiger partial charge in [0.1, 0.15) is 12.1 Å².